The average molecular weight is 436 g/mol. The maximum Gasteiger partial charge on any atom is 0.339 e. The Bertz CT molecular complexity index is 1230. The number of benzene rings is 2. The molecule has 0 saturated heterocycles. The summed E-state index contributed by atoms with van der Waals surface area (Å²) in [6.45, 7) is 0. The van der Waals surface area contributed by atoms with Crippen LogP contribution in [0.15, 0.2) is 48.7 Å². The highest BCUT2D eigenvalue weighted by Gasteiger charge is 2.35. The number of carbonyl (C=O) groups is 3. The van der Waals surface area contributed by atoms with Gasteiger partial charge in [-0.1, -0.05) is 12.1 Å². The van der Waals surface area contributed by atoms with Crippen molar-refractivity contribution in [1.82, 2.24) is 4.57 Å². The van der Waals surface area contributed by atoms with Crippen molar-refractivity contribution in [3.8, 4) is 17.2 Å². The molecule has 0 bridgehead atoms. The zero-order valence-corrected chi connectivity index (χ0v) is 17.3. The quantitative estimate of drug-likeness (QED) is 0.541. The van der Waals surface area contributed by atoms with Crippen LogP contribution in [0.3, 0.4) is 0 Å². The molecule has 0 unspecified atom stereocenters. The summed E-state index contributed by atoms with van der Waals surface area (Å²) in [6.07, 6.45) is 1.52. The lowest BCUT2D eigenvalue weighted by Gasteiger charge is -2.26. The first-order valence-corrected chi connectivity index (χ1v) is 9.68. The van der Waals surface area contributed by atoms with E-state index in [-0.39, 0.29) is 29.1 Å². The van der Waals surface area contributed by atoms with Gasteiger partial charge >= 0.3 is 11.9 Å². The number of nitrogens with one attached hydrogen (secondary N) is 1. The van der Waals surface area contributed by atoms with Gasteiger partial charge in [0.05, 0.1) is 36.9 Å². The number of aromatic carboxylic acids is 2. The molecular formula is C23H20N2O7. The summed E-state index contributed by atoms with van der Waals surface area (Å²) in [5.41, 5.74) is 2.09. The molecule has 9 nitrogen and oxygen atoms in total. The van der Waals surface area contributed by atoms with Gasteiger partial charge in [0.25, 0.3) is 0 Å². The van der Waals surface area contributed by atoms with Gasteiger partial charge in [-0.15, -0.1) is 0 Å². The summed E-state index contributed by atoms with van der Waals surface area (Å²) < 4.78 is 12.4. The molecule has 4 rings (SSSR count). The van der Waals surface area contributed by atoms with E-state index in [1.165, 1.54) is 32.5 Å². The van der Waals surface area contributed by atoms with Crippen LogP contribution in [-0.4, -0.2) is 46.8 Å². The molecule has 1 amide bonds. The number of carboxylic acid groups (broad SMARTS) is 2. The Morgan fingerprint density at radius 2 is 1.75 bits per heavy atom. The van der Waals surface area contributed by atoms with E-state index >= 15 is 0 Å². The maximum atomic E-state index is 12.5. The van der Waals surface area contributed by atoms with E-state index in [0.29, 0.717) is 28.4 Å². The van der Waals surface area contributed by atoms with Crippen LogP contribution < -0.4 is 14.8 Å². The largest absolute Gasteiger partial charge is 0.497 e. The fourth-order valence-corrected chi connectivity index (χ4v) is 3.95. The number of methoxy groups -OCH3 is 2. The van der Waals surface area contributed by atoms with Crippen molar-refractivity contribution < 1.29 is 34.1 Å². The van der Waals surface area contributed by atoms with Crippen molar-refractivity contribution in [3.05, 3.63) is 71.0 Å². The first-order chi connectivity index (χ1) is 15.3. The Morgan fingerprint density at radius 1 is 1.03 bits per heavy atom. The molecule has 0 fully saturated rings. The molecule has 0 saturated carbocycles. The van der Waals surface area contributed by atoms with Crippen molar-refractivity contribution in [2.45, 2.75) is 12.3 Å². The lowest BCUT2D eigenvalue weighted by Crippen LogP contribution is -2.25. The third-order valence-corrected chi connectivity index (χ3v) is 5.46. The van der Waals surface area contributed by atoms with Crippen LogP contribution in [0.25, 0.3) is 5.69 Å². The zero-order chi connectivity index (χ0) is 23.0. The van der Waals surface area contributed by atoms with Crippen molar-refractivity contribution in [3.63, 3.8) is 0 Å². The summed E-state index contributed by atoms with van der Waals surface area (Å²) in [7, 11) is 3.02. The zero-order valence-electron chi connectivity index (χ0n) is 17.3. The van der Waals surface area contributed by atoms with Gasteiger partial charge in [-0.25, -0.2) is 9.59 Å². The van der Waals surface area contributed by atoms with Gasteiger partial charge in [0.2, 0.25) is 5.91 Å². The first kappa shape index (κ1) is 21.0. The molecule has 1 aliphatic rings. The molecule has 0 radical (unpaired) electrons. The number of aromatic nitrogens is 1. The van der Waals surface area contributed by atoms with Crippen molar-refractivity contribution in [1.29, 1.82) is 0 Å². The monoisotopic (exact) mass is 436 g/mol. The predicted molar refractivity (Wildman–Crippen MR) is 114 cm³/mol. The Hall–Kier alpha value is -4.27. The van der Waals surface area contributed by atoms with E-state index in [1.807, 2.05) is 0 Å². The van der Waals surface area contributed by atoms with Crippen molar-refractivity contribution in [2.75, 3.05) is 19.5 Å². The van der Waals surface area contributed by atoms with Gasteiger partial charge in [-0.3, -0.25) is 4.79 Å². The normalized spacial score (nSPS) is 14.9. The molecule has 32 heavy (non-hydrogen) atoms. The van der Waals surface area contributed by atoms with E-state index < -0.39 is 17.9 Å². The van der Waals surface area contributed by atoms with Gasteiger partial charge < -0.3 is 29.6 Å². The molecule has 3 N–H and O–H groups in total. The van der Waals surface area contributed by atoms with Gasteiger partial charge in [0.1, 0.15) is 17.1 Å². The summed E-state index contributed by atoms with van der Waals surface area (Å²) in [5.74, 6) is -2.05. The second kappa shape index (κ2) is 8.10. The van der Waals surface area contributed by atoms with E-state index in [1.54, 1.807) is 34.9 Å². The Labute approximate surface area is 182 Å². The summed E-state index contributed by atoms with van der Waals surface area (Å²) in [4.78, 5) is 35.6. The second-order valence-corrected chi connectivity index (χ2v) is 7.25. The minimum Gasteiger partial charge on any atom is -0.497 e. The van der Waals surface area contributed by atoms with Crippen LogP contribution in [0.5, 0.6) is 11.5 Å². The number of anilines is 1. The summed E-state index contributed by atoms with van der Waals surface area (Å²) in [5, 5.41) is 21.6. The minimum atomic E-state index is -1.19. The predicted octanol–water partition coefficient (Wildman–Crippen LogP) is 3.37. The standard InChI is InChI=1S/C23H20N2O7/c1-31-14-7-8-17(18(9-14)32-2)25-11-16(23(29)30)20-21(25)15(10-19(26)24-20)12-3-5-13(6-4-12)22(27)28/h3-9,11,15H,10H2,1-2H3,(H,24,26)(H,27,28)(H,29,30)/t15-/m0/s1. The van der Waals surface area contributed by atoms with Crippen molar-refractivity contribution in [2.24, 2.45) is 0 Å². The van der Waals surface area contributed by atoms with Crippen LogP contribution in [0.1, 0.15) is 44.3 Å². The van der Waals surface area contributed by atoms with E-state index in [4.69, 9.17) is 9.47 Å². The number of hydrogen-bond acceptors (Lipinski definition) is 5. The number of nitrogens with zero attached hydrogens (tertiary/aromatic N) is 1. The van der Waals surface area contributed by atoms with E-state index in [2.05, 4.69) is 5.32 Å². The van der Waals surface area contributed by atoms with Crippen LogP contribution in [0.2, 0.25) is 0 Å². The fraction of sp³-hybridized carbons (Fsp3) is 0.174. The number of carboxylic acids is 2. The van der Waals surface area contributed by atoms with Gasteiger partial charge in [0, 0.05) is 24.6 Å². The molecule has 0 spiro atoms. The highest BCUT2D eigenvalue weighted by atomic mass is 16.5. The van der Waals surface area contributed by atoms with Gasteiger partial charge in [-0.05, 0) is 29.8 Å². The molecular weight excluding hydrogens is 416 g/mol. The number of amides is 1. The maximum absolute atomic E-state index is 12.5. The van der Waals surface area contributed by atoms with Crippen LogP contribution in [0.4, 0.5) is 5.69 Å². The topological polar surface area (TPSA) is 127 Å². The highest BCUT2D eigenvalue weighted by Crippen LogP contribution is 2.43. The third kappa shape index (κ3) is 3.53. The Balaban J connectivity index is 1.95. The van der Waals surface area contributed by atoms with Crippen LogP contribution in [-0.2, 0) is 4.79 Å². The lowest BCUT2D eigenvalue weighted by atomic mass is 9.87. The molecule has 1 aliphatic heterocycles. The third-order valence-electron chi connectivity index (χ3n) is 5.46. The molecule has 1 atom stereocenters. The molecule has 1 aromatic heterocycles. The highest BCUT2D eigenvalue weighted by molar-refractivity contribution is 6.04. The molecule has 2 heterocycles. The molecule has 2 aromatic carbocycles. The summed E-state index contributed by atoms with van der Waals surface area (Å²) >= 11 is 0. The summed E-state index contributed by atoms with van der Waals surface area (Å²) in [6, 6.07) is 11.3. The fourth-order valence-electron chi connectivity index (χ4n) is 3.95. The number of fused-ring (bicyclic) bond motifs is 1. The molecule has 3 aromatic rings. The SMILES string of the molecule is COc1ccc(-n2cc(C(=O)O)c3c2[C@H](c2ccc(C(=O)O)cc2)CC(=O)N3)c(OC)c1. The van der Waals surface area contributed by atoms with Crippen LogP contribution >= 0.6 is 0 Å². The smallest absolute Gasteiger partial charge is 0.339 e. The number of hydrogen-bond donors (Lipinski definition) is 3. The minimum absolute atomic E-state index is 0.0573. The first-order valence-electron chi connectivity index (χ1n) is 9.68. The lowest BCUT2D eigenvalue weighted by molar-refractivity contribution is -0.116. The van der Waals surface area contributed by atoms with E-state index in [0.717, 1.165) is 0 Å². The van der Waals surface area contributed by atoms with E-state index in [9.17, 15) is 24.6 Å². The Kier molecular flexibility index (Phi) is 5.31. The molecule has 0 aliphatic carbocycles. The number of carbonyl (C=O) groups excluding carboxylic acids is 1. The van der Waals surface area contributed by atoms with Gasteiger partial charge in [-0.2, -0.15) is 0 Å². The van der Waals surface area contributed by atoms with Gasteiger partial charge in [0.15, 0.2) is 0 Å². The number of rotatable bonds is 6. The van der Waals surface area contributed by atoms with Crippen molar-refractivity contribution >= 4 is 23.5 Å². The second-order valence-electron chi connectivity index (χ2n) is 7.25. The Morgan fingerprint density at radius 3 is 2.34 bits per heavy atom. The number of ether oxygens (including phenoxy) is 2. The average Bonchev–Trinajstić information content (AvgIpc) is 3.17. The van der Waals surface area contributed by atoms with Crippen LogP contribution in [0, 0.1) is 0 Å². The molecule has 9 heteroatoms. The molecule has 164 valence electrons.